The Morgan fingerprint density at radius 3 is 2.25 bits per heavy atom. The fourth-order valence-electron chi connectivity index (χ4n) is 1.35. The highest BCUT2D eigenvalue weighted by atomic mass is 14.0. The van der Waals surface area contributed by atoms with Gasteiger partial charge in [-0.15, -0.1) is 0 Å². The number of hydrogen-bond donors (Lipinski definition) is 0. The van der Waals surface area contributed by atoms with Crippen molar-refractivity contribution in [3.8, 4) is 0 Å². The van der Waals surface area contributed by atoms with E-state index < -0.39 is 0 Å². The van der Waals surface area contributed by atoms with Gasteiger partial charge in [0.15, 0.2) is 0 Å². The highest BCUT2D eigenvalue weighted by molar-refractivity contribution is 5.23. The minimum absolute atomic E-state index is 0.538. The van der Waals surface area contributed by atoms with Crippen LogP contribution in [0.5, 0.6) is 0 Å². The van der Waals surface area contributed by atoms with Gasteiger partial charge in [-0.25, -0.2) is 0 Å². The first-order chi connectivity index (χ1) is 5.70. The summed E-state index contributed by atoms with van der Waals surface area (Å²) >= 11 is 0. The quantitative estimate of drug-likeness (QED) is 0.578. The Morgan fingerprint density at radius 1 is 1.17 bits per heavy atom. The smallest absolute Gasteiger partial charge is 0.000797 e. The number of benzene rings is 1. The fraction of sp³-hybridized carbons (Fsp3) is 0.333. The average Bonchev–Trinajstić information content (AvgIpc) is 2.05. The fourth-order valence-corrected chi connectivity index (χ4v) is 1.35. The molecule has 1 aromatic rings. The van der Waals surface area contributed by atoms with E-state index in [0.717, 1.165) is 0 Å². The molecule has 0 heteroatoms. The van der Waals surface area contributed by atoms with Crippen LogP contribution in [-0.2, 0) is 0 Å². The molecule has 0 spiro atoms. The van der Waals surface area contributed by atoms with E-state index in [1.165, 1.54) is 11.1 Å². The van der Waals surface area contributed by atoms with Gasteiger partial charge >= 0.3 is 0 Å². The van der Waals surface area contributed by atoms with Gasteiger partial charge in [0, 0.05) is 0 Å². The van der Waals surface area contributed by atoms with E-state index in [2.05, 4.69) is 57.2 Å². The van der Waals surface area contributed by atoms with Crippen LogP contribution in [0, 0.1) is 0 Å². The number of hydrogen-bond acceptors (Lipinski definition) is 0. The second-order valence-corrected chi connectivity index (χ2v) is 3.44. The summed E-state index contributed by atoms with van der Waals surface area (Å²) in [5, 5.41) is 0. The molecule has 0 amide bonds. The van der Waals surface area contributed by atoms with Crippen LogP contribution in [0.3, 0.4) is 0 Å². The van der Waals surface area contributed by atoms with Gasteiger partial charge in [-0.1, -0.05) is 48.9 Å². The minimum atomic E-state index is 0.538. The third-order valence-corrected chi connectivity index (χ3v) is 1.91. The monoisotopic (exact) mass is 160 g/mol. The van der Waals surface area contributed by atoms with Gasteiger partial charge in [0.1, 0.15) is 0 Å². The Hall–Kier alpha value is -1.04. The zero-order valence-corrected chi connectivity index (χ0v) is 8.04. The van der Waals surface area contributed by atoms with Crippen LogP contribution in [0.2, 0.25) is 0 Å². The van der Waals surface area contributed by atoms with Gasteiger partial charge in [-0.05, 0) is 25.3 Å². The van der Waals surface area contributed by atoms with E-state index >= 15 is 0 Å². The first-order valence-electron chi connectivity index (χ1n) is 4.40. The lowest BCUT2D eigenvalue weighted by molar-refractivity contribution is 0.952. The molecule has 0 aliphatic heterocycles. The van der Waals surface area contributed by atoms with Crippen molar-refractivity contribution in [2.24, 2.45) is 0 Å². The van der Waals surface area contributed by atoms with Crippen LogP contribution in [0.15, 0.2) is 42.0 Å². The van der Waals surface area contributed by atoms with Gasteiger partial charge in [0.05, 0.1) is 0 Å². The van der Waals surface area contributed by atoms with Crippen molar-refractivity contribution in [1.82, 2.24) is 0 Å². The summed E-state index contributed by atoms with van der Waals surface area (Å²) in [6.45, 7) is 6.50. The molecular formula is C12H16. The Labute approximate surface area is 74.9 Å². The predicted octanol–water partition coefficient (Wildman–Crippen LogP) is 3.76. The molecular weight excluding hydrogens is 144 g/mol. The van der Waals surface area contributed by atoms with E-state index in [1.807, 2.05) is 0 Å². The summed E-state index contributed by atoms with van der Waals surface area (Å²) in [6, 6.07) is 10.6. The van der Waals surface area contributed by atoms with E-state index in [4.69, 9.17) is 0 Å². The molecule has 0 N–H and O–H groups in total. The van der Waals surface area contributed by atoms with Crippen LogP contribution in [0.25, 0.3) is 0 Å². The molecule has 12 heavy (non-hydrogen) atoms. The maximum atomic E-state index is 2.29. The van der Waals surface area contributed by atoms with Crippen molar-refractivity contribution < 1.29 is 0 Å². The second-order valence-electron chi connectivity index (χ2n) is 3.44. The van der Waals surface area contributed by atoms with Crippen LogP contribution in [-0.4, -0.2) is 0 Å². The lowest BCUT2D eigenvalue weighted by Gasteiger charge is -2.06. The van der Waals surface area contributed by atoms with Crippen LogP contribution in [0.1, 0.15) is 32.3 Å². The van der Waals surface area contributed by atoms with Crippen LogP contribution in [0.4, 0.5) is 0 Å². The number of rotatable bonds is 2. The third kappa shape index (κ3) is 2.54. The topological polar surface area (TPSA) is 0 Å². The Bertz CT molecular complexity index is 253. The molecule has 1 rings (SSSR count). The van der Waals surface area contributed by atoms with Gasteiger partial charge in [-0.3, -0.25) is 0 Å². The van der Waals surface area contributed by atoms with Gasteiger partial charge in [0.2, 0.25) is 0 Å². The van der Waals surface area contributed by atoms with E-state index in [-0.39, 0.29) is 0 Å². The normalized spacial score (nSPS) is 12.2. The summed E-state index contributed by atoms with van der Waals surface area (Å²) < 4.78 is 0. The average molecular weight is 160 g/mol. The van der Waals surface area contributed by atoms with Crippen LogP contribution >= 0.6 is 0 Å². The molecule has 0 heterocycles. The highest BCUT2D eigenvalue weighted by Gasteiger charge is 1.98. The highest BCUT2D eigenvalue weighted by Crippen LogP contribution is 2.17. The lowest BCUT2D eigenvalue weighted by atomic mass is 9.99. The zero-order valence-electron chi connectivity index (χ0n) is 8.04. The van der Waals surface area contributed by atoms with Gasteiger partial charge < -0.3 is 0 Å². The van der Waals surface area contributed by atoms with Crippen molar-refractivity contribution >= 4 is 0 Å². The molecule has 0 bridgehead atoms. The first-order valence-corrected chi connectivity index (χ1v) is 4.40. The van der Waals surface area contributed by atoms with E-state index in [0.29, 0.717) is 5.92 Å². The predicted molar refractivity (Wildman–Crippen MR) is 54.3 cm³/mol. The molecule has 0 aliphatic carbocycles. The molecule has 0 aliphatic rings. The largest absolute Gasteiger partial charge is 0.0798 e. The standard InChI is InChI=1S/C12H16/c1-10(2)9-11(3)12-7-5-4-6-8-12/h4-9,11H,1-3H3. The molecule has 0 fully saturated rings. The molecule has 0 aromatic heterocycles. The van der Waals surface area contributed by atoms with Gasteiger partial charge in [0.25, 0.3) is 0 Å². The molecule has 0 radical (unpaired) electrons. The first kappa shape index (κ1) is 9.05. The SMILES string of the molecule is CC(C)=CC(C)c1ccccc1. The second kappa shape index (κ2) is 4.10. The van der Waals surface area contributed by atoms with Crippen molar-refractivity contribution in [3.63, 3.8) is 0 Å². The molecule has 1 unspecified atom stereocenters. The van der Waals surface area contributed by atoms with E-state index in [9.17, 15) is 0 Å². The lowest BCUT2D eigenvalue weighted by Crippen LogP contribution is -1.88. The summed E-state index contributed by atoms with van der Waals surface area (Å²) in [6.07, 6.45) is 2.29. The van der Waals surface area contributed by atoms with E-state index in [1.54, 1.807) is 0 Å². The van der Waals surface area contributed by atoms with Crippen LogP contribution < -0.4 is 0 Å². The Morgan fingerprint density at radius 2 is 1.75 bits per heavy atom. The Balaban J connectivity index is 2.79. The third-order valence-electron chi connectivity index (χ3n) is 1.91. The molecule has 1 atom stereocenters. The number of allylic oxidation sites excluding steroid dienone is 2. The molecule has 0 saturated carbocycles. The molecule has 0 saturated heterocycles. The maximum absolute atomic E-state index is 2.29. The summed E-state index contributed by atoms with van der Waals surface area (Å²) in [4.78, 5) is 0. The van der Waals surface area contributed by atoms with Crippen molar-refractivity contribution in [2.75, 3.05) is 0 Å². The van der Waals surface area contributed by atoms with Gasteiger partial charge in [-0.2, -0.15) is 0 Å². The molecule has 64 valence electrons. The molecule has 0 nitrogen and oxygen atoms in total. The zero-order chi connectivity index (χ0) is 8.97. The summed E-state index contributed by atoms with van der Waals surface area (Å²) in [5.41, 5.74) is 2.77. The maximum Gasteiger partial charge on any atom is -0.000797 e. The molecule has 1 aromatic carbocycles. The van der Waals surface area contributed by atoms with Crippen molar-refractivity contribution in [1.29, 1.82) is 0 Å². The van der Waals surface area contributed by atoms with Crippen molar-refractivity contribution in [2.45, 2.75) is 26.7 Å². The van der Waals surface area contributed by atoms with Crippen molar-refractivity contribution in [3.05, 3.63) is 47.5 Å². The minimum Gasteiger partial charge on any atom is -0.0798 e. The summed E-state index contributed by atoms with van der Waals surface area (Å²) in [7, 11) is 0. The Kier molecular flexibility index (Phi) is 3.09. The summed E-state index contributed by atoms with van der Waals surface area (Å²) in [5.74, 6) is 0.538.